The zero-order valence-corrected chi connectivity index (χ0v) is 35.5. The van der Waals surface area contributed by atoms with Gasteiger partial charge in [0.25, 0.3) is 0 Å². The Bertz CT molecular complexity index is 1990. The van der Waals surface area contributed by atoms with Gasteiger partial charge < -0.3 is 9.47 Å². The van der Waals surface area contributed by atoms with Crippen molar-refractivity contribution in [2.45, 2.75) is 124 Å². The molecule has 0 saturated carbocycles. The van der Waals surface area contributed by atoms with Gasteiger partial charge in [-0.1, -0.05) is 36.4 Å². The Morgan fingerprint density at radius 1 is 0.763 bits per heavy atom. The molecule has 10 heteroatoms. The standard InChI is InChI=1S/C49H56O9Se/c1-3-39-45(29-47-46(54-39)28-43-44(57-47)27-37(22-24-51-43)52-30-32-16-17-33-10-7-8-11-35(33)26-32)55-40-14-9-15-41-48(56-42(40)23-25-59-38-12-5-4-6-13-38)31-53-49(58-41)34-18-20-36(50-2)21-19-34/h3-13,15-21,26,37,39-49H,1,14,22-25,27-31H2,2H3/b15-9-/t37-,39+,40+,41-,42-,43+,44-,45-,46-,47+,48+,49+/m0/s1. The van der Waals surface area contributed by atoms with E-state index in [2.05, 4.69) is 91.5 Å². The third-order valence-corrected chi connectivity index (χ3v) is 14.5. The Labute approximate surface area is 354 Å². The first-order valence-electron chi connectivity index (χ1n) is 21.3. The number of rotatable bonds is 12. The predicted octanol–water partition coefficient (Wildman–Crippen LogP) is 7.83. The van der Waals surface area contributed by atoms with Gasteiger partial charge >= 0.3 is 261 Å². The molecule has 4 aromatic carbocycles. The first kappa shape index (κ1) is 41.0. The van der Waals surface area contributed by atoms with Crippen molar-refractivity contribution in [3.8, 4) is 5.75 Å². The zero-order valence-electron chi connectivity index (χ0n) is 33.8. The fraction of sp³-hybridized carbons (Fsp3) is 0.469. The van der Waals surface area contributed by atoms with E-state index in [1.807, 2.05) is 30.3 Å². The Kier molecular flexibility index (Phi) is 13.6. The molecule has 0 radical (unpaired) electrons. The molecule has 0 amide bonds. The Morgan fingerprint density at radius 3 is 2.42 bits per heavy atom. The second-order valence-corrected chi connectivity index (χ2v) is 18.6. The van der Waals surface area contributed by atoms with Crippen LogP contribution in [0.1, 0.15) is 55.9 Å². The SMILES string of the molecule is C=C[C@H]1O[C@H]2C[C@H]3OCC[C@H](OCc4ccc5ccccc5c4)C[C@@H]3O[C@@H]2C[C@@H]1O[C@@H]1C/C=C\[C@@H]2O[C@H](c3ccc(OC)cc3)OC[C@H]2O[C@H]1CC[Se]c1ccccc1. The van der Waals surface area contributed by atoms with Crippen LogP contribution >= 0.6 is 0 Å². The van der Waals surface area contributed by atoms with Crippen LogP contribution in [0.25, 0.3) is 10.8 Å². The molecule has 5 aliphatic heterocycles. The fourth-order valence-corrected chi connectivity index (χ4v) is 11.1. The van der Waals surface area contributed by atoms with E-state index in [-0.39, 0.29) is 67.1 Å². The maximum atomic E-state index is 7.13. The number of methoxy groups -OCH3 is 1. The summed E-state index contributed by atoms with van der Waals surface area (Å²) in [6.07, 6.45) is 8.71. The van der Waals surface area contributed by atoms with Crippen LogP contribution < -0.4 is 9.20 Å². The van der Waals surface area contributed by atoms with Gasteiger partial charge in [0.05, 0.1) is 13.7 Å². The van der Waals surface area contributed by atoms with Gasteiger partial charge in [-0.25, -0.2) is 0 Å². The molecule has 5 aliphatic rings. The first-order valence-corrected chi connectivity index (χ1v) is 23.4. The van der Waals surface area contributed by atoms with Crippen molar-refractivity contribution in [2.24, 2.45) is 0 Å². The van der Waals surface area contributed by atoms with Crippen molar-refractivity contribution in [3.63, 3.8) is 0 Å². The summed E-state index contributed by atoms with van der Waals surface area (Å²) in [5.41, 5.74) is 2.13. The Balaban J connectivity index is 0.862. The molecule has 0 aliphatic carbocycles. The summed E-state index contributed by atoms with van der Waals surface area (Å²) in [4.78, 5) is 0. The monoisotopic (exact) mass is 868 g/mol. The first-order chi connectivity index (χ1) is 29.1. The van der Waals surface area contributed by atoms with Crippen LogP contribution in [0.5, 0.6) is 5.75 Å². The van der Waals surface area contributed by atoms with Crippen LogP contribution in [0.4, 0.5) is 0 Å². The van der Waals surface area contributed by atoms with Gasteiger partial charge in [-0.3, -0.25) is 0 Å². The molecule has 4 fully saturated rings. The normalized spacial score (nSPS) is 33.9. The Hall–Kier alpha value is -3.38. The maximum absolute atomic E-state index is 7.13. The summed E-state index contributed by atoms with van der Waals surface area (Å²) < 4.78 is 60.3. The van der Waals surface area contributed by atoms with Gasteiger partial charge in [-0.2, -0.15) is 0 Å². The van der Waals surface area contributed by atoms with Gasteiger partial charge in [-0.05, 0) is 28.8 Å². The molecule has 0 bridgehead atoms. The number of hydrogen-bond donors (Lipinski definition) is 0. The van der Waals surface area contributed by atoms with E-state index in [9.17, 15) is 0 Å². The van der Waals surface area contributed by atoms with E-state index in [1.54, 1.807) is 7.11 Å². The second kappa shape index (κ2) is 19.6. The van der Waals surface area contributed by atoms with Crippen molar-refractivity contribution >= 4 is 30.2 Å². The third-order valence-electron chi connectivity index (χ3n) is 12.3. The van der Waals surface area contributed by atoms with Crippen LogP contribution in [0, 0.1) is 0 Å². The summed E-state index contributed by atoms with van der Waals surface area (Å²) >= 11 is 0.306. The van der Waals surface area contributed by atoms with E-state index < -0.39 is 6.29 Å². The van der Waals surface area contributed by atoms with Gasteiger partial charge in [0, 0.05) is 6.61 Å². The van der Waals surface area contributed by atoms with Gasteiger partial charge in [-0.15, -0.1) is 0 Å². The molecular formula is C49H56O9Se. The molecule has 312 valence electrons. The van der Waals surface area contributed by atoms with Crippen molar-refractivity contribution in [2.75, 3.05) is 20.3 Å². The summed E-state index contributed by atoms with van der Waals surface area (Å²) in [5, 5.41) is 3.49. The minimum atomic E-state index is -0.483. The molecule has 4 aromatic rings. The zero-order chi connectivity index (χ0) is 40.0. The quantitative estimate of drug-likeness (QED) is 0.105. The van der Waals surface area contributed by atoms with E-state index in [4.69, 9.17) is 42.6 Å². The van der Waals surface area contributed by atoms with E-state index >= 15 is 0 Å². The minimum absolute atomic E-state index is 0.0364. The summed E-state index contributed by atoms with van der Waals surface area (Å²) in [6.45, 7) is 5.81. The van der Waals surface area contributed by atoms with Crippen LogP contribution in [0.2, 0.25) is 5.32 Å². The molecule has 9 nitrogen and oxygen atoms in total. The van der Waals surface area contributed by atoms with E-state index in [1.165, 1.54) is 20.8 Å². The molecule has 59 heavy (non-hydrogen) atoms. The molecule has 5 heterocycles. The number of fused-ring (bicyclic) bond motifs is 4. The molecule has 0 N–H and O–H groups in total. The molecule has 4 saturated heterocycles. The predicted molar refractivity (Wildman–Crippen MR) is 227 cm³/mol. The van der Waals surface area contributed by atoms with Crippen LogP contribution in [-0.2, 0) is 44.5 Å². The molecule has 9 rings (SSSR count). The number of benzene rings is 4. The van der Waals surface area contributed by atoms with E-state index in [0.29, 0.717) is 47.6 Å². The summed E-state index contributed by atoms with van der Waals surface area (Å²) in [6, 6.07) is 33.6. The van der Waals surface area contributed by atoms with Crippen molar-refractivity contribution < 1.29 is 42.6 Å². The van der Waals surface area contributed by atoms with Gasteiger partial charge in [0.1, 0.15) is 0 Å². The molecule has 0 spiro atoms. The van der Waals surface area contributed by atoms with Crippen LogP contribution in [0.15, 0.2) is 122 Å². The third kappa shape index (κ3) is 10.1. The fourth-order valence-electron chi connectivity index (χ4n) is 9.09. The molecule has 0 aromatic heterocycles. The van der Waals surface area contributed by atoms with Gasteiger partial charge in [0.2, 0.25) is 0 Å². The second-order valence-electron chi connectivity index (χ2n) is 16.2. The van der Waals surface area contributed by atoms with Crippen LogP contribution in [-0.4, -0.2) is 102 Å². The molecular weight excluding hydrogens is 811 g/mol. The van der Waals surface area contributed by atoms with E-state index in [0.717, 1.165) is 42.3 Å². The molecule has 0 unspecified atom stereocenters. The van der Waals surface area contributed by atoms with Crippen molar-refractivity contribution in [3.05, 3.63) is 133 Å². The van der Waals surface area contributed by atoms with Gasteiger partial charge in [0.15, 0.2) is 0 Å². The topological polar surface area (TPSA) is 83.1 Å². The van der Waals surface area contributed by atoms with Crippen LogP contribution in [0.3, 0.4) is 0 Å². The average Bonchev–Trinajstić information content (AvgIpc) is 3.48. The average molecular weight is 868 g/mol. The number of ether oxygens (including phenoxy) is 9. The summed E-state index contributed by atoms with van der Waals surface area (Å²) in [5.74, 6) is 0.796. The van der Waals surface area contributed by atoms with Crippen molar-refractivity contribution in [1.29, 1.82) is 0 Å². The number of hydrogen-bond acceptors (Lipinski definition) is 9. The van der Waals surface area contributed by atoms with Crippen molar-refractivity contribution in [1.82, 2.24) is 0 Å². The molecule has 12 atom stereocenters. The summed E-state index contributed by atoms with van der Waals surface area (Å²) in [7, 11) is 1.67. The Morgan fingerprint density at radius 2 is 1.58 bits per heavy atom.